The van der Waals surface area contributed by atoms with E-state index in [0.717, 1.165) is 39.7 Å². The fourth-order valence-corrected chi connectivity index (χ4v) is 3.20. The molecule has 0 fully saturated rings. The largest absolute Gasteiger partial charge is 0.457 e. The molecule has 0 aliphatic carbocycles. The normalized spacial score (nSPS) is 14.2. The Hall–Kier alpha value is -3.27. The van der Waals surface area contributed by atoms with Crippen molar-refractivity contribution < 1.29 is 9.57 Å². The minimum atomic E-state index is 0.452. The number of hydrogen-bond donors (Lipinski definition) is 0. The summed E-state index contributed by atoms with van der Waals surface area (Å²) in [6, 6.07) is 24.2. The first kappa shape index (κ1) is 13.2. The van der Waals surface area contributed by atoms with Crippen molar-refractivity contribution in [1.29, 1.82) is 0 Å². The molecule has 2 heterocycles. The molecule has 4 nitrogen and oxygen atoms in total. The van der Waals surface area contributed by atoms with Crippen LogP contribution < -0.4 is 9.64 Å². The van der Waals surface area contributed by atoms with E-state index in [-0.39, 0.29) is 0 Å². The molecule has 24 heavy (non-hydrogen) atoms. The van der Waals surface area contributed by atoms with Gasteiger partial charge in [-0.05, 0) is 42.0 Å². The van der Waals surface area contributed by atoms with E-state index >= 15 is 0 Å². The number of para-hydroxylation sites is 2. The zero-order valence-electron chi connectivity index (χ0n) is 12.8. The highest BCUT2D eigenvalue weighted by molar-refractivity contribution is 6.19. The maximum absolute atomic E-state index is 5.99. The quantitative estimate of drug-likeness (QED) is 0.692. The molecule has 5 rings (SSSR count). The lowest BCUT2D eigenvalue weighted by Crippen LogP contribution is -2.31. The Bertz CT molecular complexity index is 951. The molecule has 0 radical (unpaired) electrons. The second kappa shape index (κ2) is 5.13. The van der Waals surface area contributed by atoms with Crippen LogP contribution in [0, 0.1) is 0 Å². The van der Waals surface area contributed by atoms with Crippen molar-refractivity contribution in [2.24, 2.45) is 5.16 Å². The molecule has 0 unspecified atom stereocenters. The van der Waals surface area contributed by atoms with E-state index in [1.165, 1.54) is 0 Å². The molecule has 0 saturated carbocycles. The van der Waals surface area contributed by atoms with Crippen molar-refractivity contribution in [1.82, 2.24) is 0 Å². The van der Waals surface area contributed by atoms with Gasteiger partial charge in [-0.2, -0.15) is 0 Å². The van der Waals surface area contributed by atoms with E-state index in [1.807, 2.05) is 54.6 Å². The monoisotopic (exact) mass is 314 g/mol. The summed E-state index contributed by atoms with van der Waals surface area (Å²) in [5, 5.41) is 4.21. The second-order valence-electron chi connectivity index (χ2n) is 5.74. The maximum atomic E-state index is 5.99. The first-order chi connectivity index (χ1) is 11.9. The first-order valence-corrected chi connectivity index (χ1v) is 7.84. The van der Waals surface area contributed by atoms with E-state index < -0.39 is 0 Å². The molecule has 4 heteroatoms. The summed E-state index contributed by atoms with van der Waals surface area (Å²) in [6.45, 7) is 0.452. The van der Waals surface area contributed by atoms with Gasteiger partial charge in [-0.3, -0.25) is 4.90 Å². The fraction of sp³-hybridized carbons (Fsp3) is 0.0500. The van der Waals surface area contributed by atoms with Gasteiger partial charge in [0.15, 0.2) is 12.6 Å². The highest BCUT2D eigenvalue weighted by Gasteiger charge is 2.31. The molecular weight excluding hydrogens is 300 g/mol. The molecule has 0 saturated heterocycles. The van der Waals surface area contributed by atoms with Crippen LogP contribution in [0.4, 0.5) is 5.69 Å². The maximum Gasteiger partial charge on any atom is 0.195 e. The predicted molar refractivity (Wildman–Crippen MR) is 93.4 cm³/mol. The molecule has 116 valence electrons. The van der Waals surface area contributed by atoms with E-state index in [9.17, 15) is 0 Å². The molecule has 2 aliphatic rings. The number of amidine groups is 1. The molecule has 0 amide bonds. The number of ether oxygens (including phenoxy) is 1. The Kier molecular flexibility index (Phi) is 2.82. The number of benzene rings is 3. The zero-order valence-corrected chi connectivity index (χ0v) is 12.8. The Morgan fingerprint density at radius 1 is 0.792 bits per heavy atom. The topological polar surface area (TPSA) is 34.1 Å². The number of fused-ring (bicyclic) bond motifs is 6. The standard InChI is InChI=1S/C20H14N2O2/c1-2-6-14(7-3-1)24-15-10-11-17-18(12-15)16-8-4-5-9-19(16)22-13-23-21-20(17)22/h1-12H,13H2. The summed E-state index contributed by atoms with van der Waals surface area (Å²) >= 11 is 0. The van der Waals surface area contributed by atoms with Crippen molar-refractivity contribution in [3.63, 3.8) is 0 Å². The molecule has 3 aromatic carbocycles. The van der Waals surface area contributed by atoms with Gasteiger partial charge in [-0.25, -0.2) is 0 Å². The summed E-state index contributed by atoms with van der Waals surface area (Å²) in [6.07, 6.45) is 0. The van der Waals surface area contributed by atoms with Gasteiger partial charge in [0.25, 0.3) is 0 Å². The summed E-state index contributed by atoms with van der Waals surface area (Å²) < 4.78 is 5.99. The first-order valence-electron chi connectivity index (χ1n) is 7.84. The highest BCUT2D eigenvalue weighted by Crippen LogP contribution is 2.42. The smallest absolute Gasteiger partial charge is 0.195 e. The molecule has 0 atom stereocenters. The third-order valence-electron chi connectivity index (χ3n) is 4.29. The molecular formula is C20H14N2O2. The van der Waals surface area contributed by atoms with Crippen LogP contribution in [0.5, 0.6) is 11.5 Å². The molecule has 3 aromatic rings. The lowest BCUT2D eigenvalue weighted by atomic mass is 9.92. The lowest BCUT2D eigenvalue weighted by Gasteiger charge is -2.28. The van der Waals surface area contributed by atoms with Gasteiger partial charge in [-0.1, -0.05) is 41.6 Å². The number of anilines is 1. The van der Waals surface area contributed by atoms with Crippen LogP contribution in [-0.4, -0.2) is 12.6 Å². The Morgan fingerprint density at radius 3 is 2.54 bits per heavy atom. The lowest BCUT2D eigenvalue weighted by molar-refractivity contribution is 0.174. The van der Waals surface area contributed by atoms with Gasteiger partial charge in [0.1, 0.15) is 11.5 Å². The predicted octanol–water partition coefficient (Wildman–Crippen LogP) is 4.62. The van der Waals surface area contributed by atoms with Crippen molar-refractivity contribution >= 4 is 11.5 Å². The van der Waals surface area contributed by atoms with E-state index in [0.29, 0.717) is 6.73 Å². The molecule has 0 aromatic heterocycles. The second-order valence-corrected chi connectivity index (χ2v) is 5.74. The molecule has 2 aliphatic heterocycles. The van der Waals surface area contributed by atoms with Gasteiger partial charge < -0.3 is 9.57 Å². The van der Waals surface area contributed by atoms with Gasteiger partial charge in [-0.15, -0.1) is 0 Å². The summed E-state index contributed by atoms with van der Waals surface area (Å²) in [5.41, 5.74) is 4.44. The summed E-state index contributed by atoms with van der Waals surface area (Å²) in [5.74, 6) is 2.49. The van der Waals surface area contributed by atoms with E-state index in [2.05, 4.69) is 28.3 Å². The molecule has 0 spiro atoms. The number of hydrogen-bond acceptors (Lipinski definition) is 4. The third-order valence-corrected chi connectivity index (χ3v) is 4.29. The average molecular weight is 314 g/mol. The van der Waals surface area contributed by atoms with Crippen LogP contribution in [0.2, 0.25) is 0 Å². The van der Waals surface area contributed by atoms with Gasteiger partial charge in [0.05, 0.1) is 5.69 Å². The number of nitrogens with zero attached hydrogens (tertiary/aromatic N) is 2. The number of rotatable bonds is 2. The van der Waals surface area contributed by atoms with Crippen molar-refractivity contribution in [2.75, 3.05) is 11.6 Å². The van der Waals surface area contributed by atoms with Crippen molar-refractivity contribution in [3.8, 4) is 22.6 Å². The van der Waals surface area contributed by atoms with Crippen LogP contribution in [0.25, 0.3) is 11.1 Å². The molecule has 0 N–H and O–H groups in total. The third kappa shape index (κ3) is 1.97. The number of oxime groups is 1. The Balaban J connectivity index is 1.64. The average Bonchev–Trinajstić information content (AvgIpc) is 3.13. The van der Waals surface area contributed by atoms with Crippen LogP contribution in [-0.2, 0) is 4.84 Å². The van der Waals surface area contributed by atoms with Gasteiger partial charge in [0, 0.05) is 11.1 Å². The Morgan fingerprint density at radius 2 is 1.62 bits per heavy atom. The molecule has 0 bridgehead atoms. The van der Waals surface area contributed by atoms with Crippen LogP contribution in [0.15, 0.2) is 78.0 Å². The SMILES string of the molecule is c1ccc(Oc2ccc3c(c2)-c2ccccc2N2CON=C32)cc1. The van der Waals surface area contributed by atoms with Crippen molar-refractivity contribution in [2.45, 2.75) is 0 Å². The fourth-order valence-electron chi connectivity index (χ4n) is 3.20. The zero-order chi connectivity index (χ0) is 15.9. The summed E-state index contributed by atoms with van der Waals surface area (Å²) in [7, 11) is 0. The minimum Gasteiger partial charge on any atom is -0.457 e. The van der Waals surface area contributed by atoms with Crippen LogP contribution in [0.3, 0.4) is 0 Å². The van der Waals surface area contributed by atoms with Gasteiger partial charge in [0.2, 0.25) is 0 Å². The Labute approximate surface area is 139 Å². The highest BCUT2D eigenvalue weighted by atomic mass is 16.7. The van der Waals surface area contributed by atoms with E-state index in [4.69, 9.17) is 9.57 Å². The van der Waals surface area contributed by atoms with Crippen LogP contribution >= 0.6 is 0 Å². The minimum absolute atomic E-state index is 0.452. The van der Waals surface area contributed by atoms with Gasteiger partial charge >= 0.3 is 0 Å². The van der Waals surface area contributed by atoms with Crippen molar-refractivity contribution in [3.05, 3.63) is 78.4 Å². The van der Waals surface area contributed by atoms with Crippen LogP contribution in [0.1, 0.15) is 5.56 Å². The van der Waals surface area contributed by atoms with E-state index in [1.54, 1.807) is 0 Å². The summed E-state index contributed by atoms with van der Waals surface area (Å²) in [4.78, 5) is 7.41.